The number of nitrogens with zero attached hydrogens (tertiary/aromatic N) is 6. The number of imidazole rings is 1. The fourth-order valence-electron chi connectivity index (χ4n) is 7.13. The first-order valence-corrected chi connectivity index (χ1v) is 18.3. The van der Waals surface area contributed by atoms with Crippen molar-refractivity contribution in [2.24, 2.45) is 0 Å². The van der Waals surface area contributed by atoms with Crippen LogP contribution in [0.4, 0.5) is 5.82 Å². The molecular weight excluding hydrogens is 687 g/mol. The lowest BCUT2D eigenvalue weighted by Gasteiger charge is -2.36. The van der Waals surface area contributed by atoms with Crippen molar-refractivity contribution in [1.82, 2.24) is 29.8 Å². The van der Waals surface area contributed by atoms with E-state index in [2.05, 4.69) is 76.7 Å². The highest BCUT2D eigenvalue weighted by Crippen LogP contribution is 2.43. The summed E-state index contributed by atoms with van der Waals surface area (Å²) in [6.45, 7) is 7.85. The van der Waals surface area contributed by atoms with Gasteiger partial charge in [-0.05, 0) is 63.2 Å². The molecule has 1 amide bonds. The first kappa shape index (κ1) is 36.4. The number of carbonyl (C=O) groups is 2. The summed E-state index contributed by atoms with van der Waals surface area (Å²) in [6.07, 6.45) is 2.55. The Morgan fingerprint density at radius 3 is 1.87 bits per heavy atom. The number of tetrazole rings is 1. The average Bonchev–Trinajstić information content (AvgIpc) is 3.85. The minimum absolute atomic E-state index is 0.160. The van der Waals surface area contributed by atoms with Crippen LogP contribution in [0.3, 0.4) is 0 Å². The summed E-state index contributed by atoms with van der Waals surface area (Å²) in [5, 5.41) is 16.4. The fourth-order valence-corrected chi connectivity index (χ4v) is 7.13. The Balaban J connectivity index is 1.32. The fraction of sp³-hybridized carbons (Fsp3) is 0.156. The standard InChI is InChI=1S/C45H41N7O3/c1-4-18-39-46-42(47-40(53)5-2)41(44(54)55-6-3)51(39)31-32-27-29-33(30-28-32)37-25-16-17-26-38(37)43-48-49-50-52(43)45(34-19-10-7-11-20-34,35-21-12-8-13-22-35)36-23-14-9-15-24-36/h5,7-17,19-30H,2,4,6,18,31H2,1,3H3,(H,47,53). The molecule has 5 aromatic carbocycles. The number of aromatic nitrogens is 6. The van der Waals surface area contributed by atoms with Crippen LogP contribution in [-0.2, 0) is 28.0 Å². The van der Waals surface area contributed by atoms with Crippen LogP contribution in [0.2, 0.25) is 0 Å². The molecule has 2 heterocycles. The van der Waals surface area contributed by atoms with Gasteiger partial charge in [-0.1, -0.05) is 153 Å². The molecule has 0 spiro atoms. The van der Waals surface area contributed by atoms with Gasteiger partial charge in [-0.25, -0.2) is 14.5 Å². The Morgan fingerprint density at radius 2 is 1.33 bits per heavy atom. The summed E-state index contributed by atoms with van der Waals surface area (Å²) in [4.78, 5) is 30.2. The van der Waals surface area contributed by atoms with E-state index in [1.165, 1.54) is 0 Å². The van der Waals surface area contributed by atoms with Crippen LogP contribution in [0.1, 0.15) is 58.8 Å². The van der Waals surface area contributed by atoms with Crippen LogP contribution in [0, 0.1) is 0 Å². The minimum Gasteiger partial charge on any atom is -0.461 e. The maximum absolute atomic E-state index is 13.2. The Labute approximate surface area is 320 Å². The lowest BCUT2D eigenvalue weighted by molar-refractivity contribution is -0.111. The molecule has 0 radical (unpaired) electrons. The maximum Gasteiger partial charge on any atom is 0.358 e. The van der Waals surface area contributed by atoms with E-state index in [1.807, 2.05) is 101 Å². The van der Waals surface area contributed by atoms with Crippen LogP contribution in [0.5, 0.6) is 0 Å². The second-order valence-corrected chi connectivity index (χ2v) is 12.9. The predicted molar refractivity (Wildman–Crippen MR) is 213 cm³/mol. The molecule has 10 heteroatoms. The largest absolute Gasteiger partial charge is 0.461 e. The van der Waals surface area contributed by atoms with Crippen molar-refractivity contribution in [3.8, 4) is 22.5 Å². The summed E-state index contributed by atoms with van der Waals surface area (Å²) in [5.41, 5.74) is 6.04. The third kappa shape index (κ3) is 7.09. The topological polar surface area (TPSA) is 117 Å². The van der Waals surface area contributed by atoms with E-state index in [-0.39, 0.29) is 18.1 Å². The third-order valence-electron chi connectivity index (χ3n) is 9.55. The van der Waals surface area contributed by atoms with Gasteiger partial charge in [0.15, 0.2) is 17.3 Å². The minimum atomic E-state index is -0.902. The summed E-state index contributed by atoms with van der Waals surface area (Å²) in [5.74, 6) is 0.419. The second-order valence-electron chi connectivity index (χ2n) is 12.9. The summed E-state index contributed by atoms with van der Waals surface area (Å²) < 4.78 is 9.17. The smallest absolute Gasteiger partial charge is 0.358 e. The van der Waals surface area contributed by atoms with Gasteiger partial charge in [0, 0.05) is 18.5 Å². The van der Waals surface area contributed by atoms with Gasteiger partial charge in [-0.15, -0.1) is 5.10 Å². The first-order valence-electron chi connectivity index (χ1n) is 18.3. The second kappa shape index (κ2) is 16.4. The van der Waals surface area contributed by atoms with Crippen molar-refractivity contribution in [1.29, 1.82) is 0 Å². The maximum atomic E-state index is 13.2. The van der Waals surface area contributed by atoms with Crippen molar-refractivity contribution in [3.63, 3.8) is 0 Å². The van der Waals surface area contributed by atoms with Crippen LogP contribution in [0.15, 0.2) is 152 Å². The van der Waals surface area contributed by atoms with Crippen LogP contribution < -0.4 is 5.32 Å². The van der Waals surface area contributed by atoms with Gasteiger partial charge in [-0.2, -0.15) is 0 Å². The zero-order valence-electron chi connectivity index (χ0n) is 30.8. The predicted octanol–water partition coefficient (Wildman–Crippen LogP) is 8.35. The van der Waals surface area contributed by atoms with Crippen molar-refractivity contribution in [3.05, 3.63) is 186 Å². The van der Waals surface area contributed by atoms with Crippen molar-refractivity contribution >= 4 is 17.7 Å². The van der Waals surface area contributed by atoms with Crippen molar-refractivity contribution in [2.75, 3.05) is 11.9 Å². The van der Waals surface area contributed by atoms with E-state index in [0.717, 1.165) is 51.4 Å². The van der Waals surface area contributed by atoms with Crippen LogP contribution in [0.25, 0.3) is 22.5 Å². The molecule has 7 aromatic rings. The lowest BCUT2D eigenvalue weighted by Crippen LogP contribution is -2.39. The molecule has 1 N–H and O–H groups in total. The van der Waals surface area contributed by atoms with E-state index >= 15 is 0 Å². The monoisotopic (exact) mass is 727 g/mol. The number of amides is 1. The zero-order valence-corrected chi connectivity index (χ0v) is 30.8. The Bertz CT molecular complexity index is 2310. The number of hydrogen-bond acceptors (Lipinski definition) is 7. The molecule has 0 aliphatic rings. The Kier molecular flexibility index (Phi) is 10.8. The first-order chi connectivity index (χ1) is 27.0. The van der Waals surface area contributed by atoms with E-state index in [9.17, 15) is 9.59 Å². The average molecular weight is 728 g/mol. The van der Waals surface area contributed by atoms with Crippen LogP contribution in [-0.4, -0.2) is 48.2 Å². The number of aryl methyl sites for hydroxylation is 1. The summed E-state index contributed by atoms with van der Waals surface area (Å²) in [6, 6.07) is 47.3. The number of ether oxygens (including phenoxy) is 1. The van der Waals surface area contributed by atoms with Crippen LogP contribution >= 0.6 is 0 Å². The van der Waals surface area contributed by atoms with Gasteiger partial charge in [0.2, 0.25) is 5.91 Å². The highest BCUT2D eigenvalue weighted by molar-refractivity contribution is 6.03. The number of hydrogen-bond donors (Lipinski definition) is 1. The molecular formula is C45H41N7O3. The molecule has 274 valence electrons. The molecule has 0 fully saturated rings. The third-order valence-corrected chi connectivity index (χ3v) is 9.55. The highest BCUT2D eigenvalue weighted by atomic mass is 16.5. The lowest BCUT2D eigenvalue weighted by atomic mass is 9.77. The van der Waals surface area contributed by atoms with Gasteiger partial charge in [0.1, 0.15) is 11.4 Å². The number of rotatable bonds is 14. The number of nitrogens with one attached hydrogen (secondary N) is 1. The van der Waals surface area contributed by atoms with Gasteiger partial charge in [0.25, 0.3) is 0 Å². The quantitative estimate of drug-likeness (QED) is 0.0680. The molecule has 7 rings (SSSR count). The molecule has 0 saturated heterocycles. The molecule has 0 atom stereocenters. The van der Waals surface area contributed by atoms with Crippen molar-refractivity contribution in [2.45, 2.75) is 38.8 Å². The molecule has 10 nitrogen and oxygen atoms in total. The van der Waals surface area contributed by atoms with Crippen molar-refractivity contribution < 1.29 is 14.3 Å². The number of esters is 1. The molecule has 0 bridgehead atoms. The van der Waals surface area contributed by atoms with E-state index in [1.54, 1.807) is 6.92 Å². The molecule has 2 aromatic heterocycles. The molecule has 0 saturated carbocycles. The van der Waals surface area contributed by atoms with Gasteiger partial charge >= 0.3 is 5.97 Å². The molecule has 0 aliphatic carbocycles. The molecule has 55 heavy (non-hydrogen) atoms. The van der Waals surface area contributed by atoms with Gasteiger partial charge < -0.3 is 14.6 Å². The summed E-state index contributed by atoms with van der Waals surface area (Å²) >= 11 is 0. The summed E-state index contributed by atoms with van der Waals surface area (Å²) in [7, 11) is 0. The number of carbonyl (C=O) groups excluding carboxylic acids is 2. The van der Waals surface area contributed by atoms with E-state index in [4.69, 9.17) is 15.0 Å². The zero-order chi connectivity index (χ0) is 38.2. The SMILES string of the molecule is C=CC(=O)Nc1nc(CCC)n(Cc2ccc(-c3ccccc3-c3nnnn3C(c3ccccc3)(c3ccccc3)c3ccccc3)cc2)c1C(=O)OCC. The van der Waals surface area contributed by atoms with Gasteiger partial charge in [0.05, 0.1) is 6.61 Å². The number of benzene rings is 5. The highest BCUT2D eigenvalue weighted by Gasteiger charge is 2.42. The number of anilines is 1. The molecule has 0 aliphatic heterocycles. The van der Waals surface area contributed by atoms with Gasteiger partial charge in [-0.3, -0.25) is 4.79 Å². The van der Waals surface area contributed by atoms with E-state index in [0.29, 0.717) is 24.6 Å². The Hall–Kier alpha value is -6.94. The Morgan fingerprint density at radius 1 is 0.764 bits per heavy atom. The molecule has 0 unspecified atom stereocenters. The normalized spacial score (nSPS) is 11.2. The van der Waals surface area contributed by atoms with E-state index < -0.39 is 17.4 Å².